The van der Waals surface area contributed by atoms with E-state index in [2.05, 4.69) is 10.6 Å². The van der Waals surface area contributed by atoms with Crippen molar-refractivity contribution in [2.24, 2.45) is 0 Å². The van der Waals surface area contributed by atoms with Crippen LogP contribution in [0.3, 0.4) is 0 Å². The van der Waals surface area contributed by atoms with Gasteiger partial charge in [-0.3, -0.25) is 9.59 Å². The first kappa shape index (κ1) is 21.2. The third-order valence-electron chi connectivity index (χ3n) is 5.22. The monoisotopic (exact) mass is 428 g/mol. The molecule has 0 aliphatic carbocycles. The van der Waals surface area contributed by atoms with Crippen LogP contribution < -0.4 is 15.4 Å². The summed E-state index contributed by atoms with van der Waals surface area (Å²) in [7, 11) is 1.57. The van der Waals surface area contributed by atoms with Crippen LogP contribution in [-0.4, -0.2) is 25.0 Å². The van der Waals surface area contributed by atoms with Crippen molar-refractivity contribution in [3.63, 3.8) is 0 Å². The molecule has 6 heteroatoms. The highest BCUT2D eigenvalue weighted by Crippen LogP contribution is 2.36. The molecule has 1 aromatic heterocycles. The fraction of sp³-hybridized carbons (Fsp3) is 0.154. The number of nitrogens with one attached hydrogen (secondary N) is 2. The molecule has 162 valence electrons. The highest BCUT2D eigenvalue weighted by atomic mass is 16.5. The number of furan rings is 1. The lowest BCUT2D eigenvalue weighted by atomic mass is 10.0. The largest absolute Gasteiger partial charge is 0.497 e. The van der Waals surface area contributed by atoms with Gasteiger partial charge in [0.1, 0.15) is 17.4 Å². The molecular weight excluding hydrogens is 404 g/mol. The molecule has 0 radical (unpaired) electrons. The van der Waals surface area contributed by atoms with E-state index in [1.54, 1.807) is 20.1 Å². The van der Waals surface area contributed by atoms with Gasteiger partial charge in [-0.25, -0.2) is 0 Å². The van der Waals surface area contributed by atoms with Crippen LogP contribution in [0.25, 0.3) is 22.1 Å². The lowest BCUT2D eigenvalue weighted by Crippen LogP contribution is -2.44. The second-order valence-corrected chi connectivity index (χ2v) is 7.43. The van der Waals surface area contributed by atoms with Crippen LogP contribution in [0.1, 0.15) is 23.0 Å². The average molecular weight is 428 g/mol. The molecule has 0 bridgehead atoms. The first-order valence-electron chi connectivity index (χ1n) is 10.4. The van der Waals surface area contributed by atoms with Crippen LogP contribution in [0.5, 0.6) is 5.75 Å². The molecular formula is C26H24N2O4. The molecule has 0 saturated heterocycles. The van der Waals surface area contributed by atoms with Gasteiger partial charge < -0.3 is 19.8 Å². The maximum atomic E-state index is 13.1. The van der Waals surface area contributed by atoms with E-state index in [1.807, 2.05) is 72.8 Å². The molecule has 1 heterocycles. The van der Waals surface area contributed by atoms with Crippen LogP contribution >= 0.6 is 0 Å². The van der Waals surface area contributed by atoms with E-state index < -0.39 is 11.9 Å². The summed E-state index contributed by atoms with van der Waals surface area (Å²) in [5.74, 6) is 0.0521. The quantitative estimate of drug-likeness (QED) is 0.453. The van der Waals surface area contributed by atoms with Gasteiger partial charge in [0.25, 0.3) is 5.91 Å². The molecule has 0 aliphatic heterocycles. The van der Waals surface area contributed by atoms with Crippen molar-refractivity contribution in [3.8, 4) is 16.9 Å². The zero-order valence-electron chi connectivity index (χ0n) is 17.9. The number of hydrogen-bond donors (Lipinski definition) is 2. The zero-order valence-corrected chi connectivity index (χ0v) is 17.9. The molecule has 2 amide bonds. The first-order chi connectivity index (χ1) is 15.6. The summed E-state index contributed by atoms with van der Waals surface area (Å²) in [5.41, 5.74) is 3.05. The van der Waals surface area contributed by atoms with Crippen molar-refractivity contribution in [1.82, 2.24) is 10.6 Å². The number of rotatable bonds is 7. The van der Waals surface area contributed by atoms with Crippen molar-refractivity contribution in [2.75, 3.05) is 7.11 Å². The van der Waals surface area contributed by atoms with Crippen LogP contribution in [0, 0.1) is 0 Å². The molecule has 4 aromatic rings. The number of ether oxygens (including phenoxy) is 1. The van der Waals surface area contributed by atoms with E-state index in [0.29, 0.717) is 23.4 Å². The Hall–Kier alpha value is -4.06. The summed E-state index contributed by atoms with van der Waals surface area (Å²) < 4.78 is 11.2. The van der Waals surface area contributed by atoms with Crippen LogP contribution in [0.15, 0.2) is 83.3 Å². The topological polar surface area (TPSA) is 80.6 Å². The number of carbonyl (C=O) groups is 2. The SMILES string of the molecule is COc1ccc2c(-c3ccccc3)c(C(=O)NC(C)C(=O)NCc3ccccc3)oc2c1. The smallest absolute Gasteiger partial charge is 0.288 e. The lowest BCUT2D eigenvalue weighted by molar-refractivity contribution is -0.122. The number of benzene rings is 3. The molecule has 0 aliphatic rings. The fourth-order valence-corrected chi connectivity index (χ4v) is 3.52. The van der Waals surface area contributed by atoms with E-state index in [0.717, 1.165) is 16.5 Å². The zero-order chi connectivity index (χ0) is 22.5. The van der Waals surface area contributed by atoms with E-state index in [4.69, 9.17) is 9.15 Å². The Bertz CT molecular complexity index is 1230. The van der Waals surface area contributed by atoms with Crippen LogP contribution in [-0.2, 0) is 11.3 Å². The molecule has 32 heavy (non-hydrogen) atoms. The van der Waals surface area contributed by atoms with Gasteiger partial charge >= 0.3 is 0 Å². The van der Waals surface area contributed by atoms with Crippen LogP contribution in [0.2, 0.25) is 0 Å². The van der Waals surface area contributed by atoms with Crippen molar-refractivity contribution >= 4 is 22.8 Å². The minimum Gasteiger partial charge on any atom is -0.497 e. The Morgan fingerprint density at radius 3 is 2.34 bits per heavy atom. The number of amides is 2. The second kappa shape index (κ2) is 9.39. The third kappa shape index (κ3) is 4.49. The van der Waals surface area contributed by atoms with Crippen molar-refractivity contribution in [3.05, 3.63) is 90.2 Å². The van der Waals surface area contributed by atoms with E-state index in [9.17, 15) is 9.59 Å². The minimum absolute atomic E-state index is 0.155. The number of methoxy groups -OCH3 is 1. The molecule has 0 spiro atoms. The molecule has 4 rings (SSSR count). The predicted molar refractivity (Wildman–Crippen MR) is 123 cm³/mol. The molecule has 0 saturated carbocycles. The van der Waals surface area contributed by atoms with Gasteiger partial charge in [-0.2, -0.15) is 0 Å². The van der Waals surface area contributed by atoms with Crippen LogP contribution in [0.4, 0.5) is 0 Å². The second-order valence-electron chi connectivity index (χ2n) is 7.43. The van der Waals surface area contributed by atoms with Crippen molar-refractivity contribution in [1.29, 1.82) is 0 Å². The normalized spacial score (nSPS) is 11.7. The Morgan fingerprint density at radius 2 is 1.66 bits per heavy atom. The van der Waals surface area contributed by atoms with E-state index >= 15 is 0 Å². The summed E-state index contributed by atoms with van der Waals surface area (Å²) in [5, 5.41) is 6.39. The van der Waals surface area contributed by atoms with Gasteiger partial charge in [-0.15, -0.1) is 0 Å². The average Bonchev–Trinajstić information content (AvgIpc) is 3.22. The Morgan fingerprint density at radius 1 is 0.969 bits per heavy atom. The molecule has 2 N–H and O–H groups in total. The van der Waals surface area contributed by atoms with Crippen molar-refractivity contribution < 1.29 is 18.7 Å². The number of carbonyl (C=O) groups excluding carboxylic acids is 2. The van der Waals surface area contributed by atoms with Crippen molar-refractivity contribution in [2.45, 2.75) is 19.5 Å². The number of hydrogen-bond acceptors (Lipinski definition) is 4. The standard InChI is InChI=1S/C26H24N2O4/c1-17(25(29)27-16-18-9-5-3-6-10-18)28-26(30)24-23(19-11-7-4-8-12-19)21-14-13-20(31-2)15-22(21)32-24/h3-15,17H,16H2,1-2H3,(H,27,29)(H,28,30). The van der Waals surface area contributed by atoms with Gasteiger partial charge in [-0.05, 0) is 30.2 Å². The number of fused-ring (bicyclic) bond motifs is 1. The predicted octanol–water partition coefficient (Wildman–Crippen LogP) is 4.54. The summed E-state index contributed by atoms with van der Waals surface area (Å²) in [6.07, 6.45) is 0. The highest BCUT2D eigenvalue weighted by Gasteiger charge is 2.25. The van der Waals surface area contributed by atoms with Gasteiger partial charge in [-0.1, -0.05) is 60.7 Å². The third-order valence-corrected chi connectivity index (χ3v) is 5.22. The minimum atomic E-state index is -0.738. The van der Waals surface area contributed by atoms with Gasteiger partial charge in [0.15, 0.2) is 0 Å². The first-order valence-corrected chi connectivity index (χ1v) is 10.4. The summed E-state index contributed by atoms with van der Waals surface area (Å²) >= 11 is 0. The maximum absolute atomic E-state index is 13.1. The highest BCUT2D eigenvalue weighted by molar-refractivity contribution is 6.09. The Kier molecular flexibility index (Phi) is 6.22. The lowest BCUT2D eigenvalue weighted by Gasteiger charge is -2.14. The fourth-order valence-electron chi connectivity index (χ4n) is 3.52. The van der Waals surface area contributed by atoms with E-state index in [-0.39, 0.29) is 11.7 Å². The van der Waals surface area contributed by atoms with Gasteiger partial charge in [0.05, 0.1) is 7.11 Å². The summed E-state index contributed by atoms with van der Waals surface area (Å²) in [4.78, 5) is 25.7. The molecule has 0 fully saturated rings. The maximum Gasteiger partial charge on any atom is 0.288 e. The Labute approximate surface area is 186 Å². The Balaban J connectivity index is 1.58. The van der Waals surface area contributed by atoms with E-state index in [1.165, 1.54) is 0 Å². The molecule has 1 atom stereocenters. The molecule has 6 nitrogen and oxygen atoms in total. The van der Waals surface area contributed by atoms with Gasteiger partial charge in [0.2, 0.25) is 11.7 Å². The molecule has 3 aromatic carbocycles. The summed E-state index contributed by atoms with van der Waals surface area (Å²) in [6.45, 7) is 2.03. The molecule has 1 unspecified atom stereocenters. The summed E-state index contributed by atoms with van der Waals surface area (Å²) in [6, 6.07) is 23.8. The van der Waals surface area contributed by atoms with Gasteiger partial charge in [0, 0.05) is 23.6 Å².